The molecule has 4 heterocycles. The quantitative estimate of drug-likeness (QED) is 0.0116. The van der Waals surface area contributed by atoms with E-state index in [1.807, 2.05) is 6.92 Å². The van der Waals surface area contributed by atoms with E-state index in [1.165, 1.54) is 33.4 Å². The maximum Gasteiger partial charge on any atom is 0.246 e. The standard InChI is InChI=1S/C72H133N23O18/c1-4-113-86-34-18-40-111-42-44-112-43-41-110-39-17-33-81-57(98)45-85-61(100)48(87-62(101)50(23-12-32-84-72(79)80)89-64(103)54-25-14-36-93(54)70(109)56-27-16-38-95(56)68(107)52(21-6-9-29-74)91-66(105)59(76)47(3)97)19-7-10-30-82-60(99)49(22-11-31-83-71(77)78)88-63(102)53-24-13-35-92(53)69(108)55-26-15-37-94(55)67(106)51(20-5-8-28-73)90-65(104)58(75)46(2)96/h46-56,58-59,86,96-97H,4-45,73-76H2,1-3H3,(H,81,98)(H,82,99)(H,85,100)(H,87,101)(H,88,102)(H,89,103)(H,90,104)(H,91,105)(H4,77,78,83)(H4,79,80,84)/t46-,47-,48+,49+,50+,51+,52+,53+,54?,55+,56+,58+,59+/m1/s1. The second-order valence-corrected chi connectivity index (χ2v) is 28.8. The fourth-order valence-electron chi connectivity index (χ4n) is 13.6. The Bertz CT molecular complexity index is 3020. The van der Waals surface area contributed by atoms with Crippen LogP contribution in [0.5, 0.6) is 0 Å². The van der Waals surface area contributed by atoms with Crippen molar-refractivity contribution in [2.75, 3.05) is 125 Å². The van der Waals surface area contributed by atoms with Crippen molar-refractivity contribution in [3.8, 4) is 0 Å². The lowest BCUT2D eigenvalue weighted by molar-refractivity contribution is -0.148. The third kappa shape index (κ3) is 35.2. The van der Waals surface area contributed by atoms with Crippen LogP contribution in [0.15, 0.2) is 9.98 Å². The first kappa shape index (κ1) is 97.1. The van der Waals surface area contributed by atoms with Crippen molar-refractivity contribution in [3.05, 3.63) is 0 Å². The number of hydrogen-bond acceptors (Lipinski definition) is 25. The summed E-state index contributed by atoms with van der Waals surface area (Å²) in [5.74, 6) is -8.03. The normalized spacial score (nSPS) is 19.1. The summed E-state index contributed by atoms with van der Waals surface area (Å²) < 4.78 is 16.7. The van der Waals surface area contributed by atoms with Crippen LogP contribution in [0.25, 0.3) is 0 Å². The highest BCUT2D eigenvalue weighted by molar-refractivity contribution is 5.99. The average Bonchev–Trinajstić information content (AvgIpc) is 1.67. The highest BCUT2D eigenvalue weighted by atomic mass is 16.6. The van der Waals surface area contributed by atoms with E-state index in [9.17, 15) is 67.7 Å². The monoisotopic (exact) mass is 1610 g/mol. The Balaban J connectivity index is 1.50. The number of aliphatic hydroxyl groups excluding tert-OH is 2. The first-order valence-electron chi connectivity index (χ1n) is 40.2. The van der Waals surface area contributed by atoms with E-state index < -0.39 is 156 Å². The van der Waals surface area contributed by atoms with E-state index in [2.05, 4.69) is 58.0 Å². The van der Waals surface area contributed by atoms with Crippen LogP contribution in [-0.2, 0) is 76.6 Å². The number of guanidine groups is 2. The Labute approximate surface area is 662 Å². The van der Waals surface area contributed by atoms with Gasteiger partial charge in [0.25, 0.3) is 0 Å². The minimum atomic E-state index is -1.36. The molecule has 0 radical (unpaired) electrons. The maximum absolute atomic E-state index is 14.7. The van der Waals surface area contributed by atoms with Crippen molar-refractivity contribution in [2.45, 2.75) is 247 Å². The minimum absolute atomic E-state index is 0.0144. The molecule has 4 saturated heterocycles. The number of hydrogen-bond donors (Lipinski definition) is 19. The summed E-state index contributed by atoms with van der Waals surface area (Å²) in [7, 11) is 0. The van der Waals surface area contributed by atoms with Gasteiger partial charge in [0.2, 0.25) is 70.9 Å². The fraction of sp³-hybridized carbons (Fsp3) is 0.806. The van der Waals surface area contributed by atoms with Crippen molar-refractivity contribution >= 4 is 82.8 Å². The van der Waals surface area contributed by atoms with Crippen LogP contribution in [0.1, 0.15) is 168 Å². The van der Waals surface area contributed by atoms with Crippen LogP contribution >= 0.6 is 0 Å². The Kier molecular flexibility index (Phi) is 46.8. The molecule has 4 aliphatic heterocycles. The zero-order chi connectivity index (χ0) is 83.2. The molecule has 0 aromatic carbocycles. The molecule has 0 spiro atoms. The number of ether oxygens (including phenoxy) is 3. The number of carbonyl (C=O) groups is 12. The summed E-state index contributed by atoms with van der Waals surface area (Å²) in [6.45, 7) is 9.28. The third-order valence-corrected chi connectivity index (χ3v) is 19.9. The summed E-state index contributed by atoms with van der Waals surface area (Å²) in [6.07, 6.45) is 4.50. The molecule has 13 atom stereocenters. The number of nitrogens with one attached hydrogen (secondary N) is 9. The van der Waals surface area contributed by atoms with Gasteiger partial charge in [0.1, 0.15) is 66.5 Å². The molecule has 0 aliphatic carbocycles. The Morgan fingerprint density at radius 2 is 0.796 bits per heavy atom. The van der Waals surface area contributed by atoms with Gasteiger partial charge in [-0.25, -0.2) is 5.48 Å². The number of hydroxylamine groups is 1. The van der Waals surface area contributed by atoms with Crippen LogP contribution in [0, 0.1) is 0 Å². The Morgan fingerprint density at radius 3 is 1.24 bits per heavy atom. The van der Waals surface area contributed by atoms with E-state index in [-0.39, 0.29) is 148 Å². The molecule has 41 heteroatoms. The molecule has 4 rings (SSSR count). The number of rotatable bonds is 57. The van der Waals surface area contributed by atoms with E-state index in [0.29, 0.717) is 124 Å². The van der Waals surface area contributed by atoms with Gasteiger partial charge in [-0.1, -0.05) is 0 Å². The second-order valence-electron chi connectivity index (χ2n) is 28.8. The van der Waals surface area contributed by atoms with Gasteiger partial charge in [-0.2, -0.15) is 0 Å². The van der Waals surface area contributed by atoms with Gasteiger partial charge < -0.3 is 137 Å². The number of carbonyl (C=O) groups excluding carboxylic acids is 12. The molecule has 644 valence electrons. The molecule has 27 N–H and O–H groups in total. The van der Waals surface area contributed by atoms with Crippen LogP contribution in [0.2, 0.25) is 0 Å². The van der Waals surface area contributed by atoms with Crippen LogP contribution in [0.4, 0.5) is 0 Å². The Morgan fingerprint density at radius 1 is 0.425 bits per heavy atom. The molecule has 0 aromatic heterocycles. The van der Waals surface area contributed by atoms with Gasteiger partial charge in [-0.15, -0.1) is 0 Å². The van der Waals surface area contributed by atoms with Crippen molar-refractivity contribution in [1.82, 2.24) is 67.6 Å². The smallest absolute Gasteiger partial charge is 0.246 e. The molecule has 4 aliphatic rings. The van der Waals surface area contributed by atoms with E-state index in [4.69, 9.17) is 64.9 Å². The van der Waals surface area contributed by atoms with Gasteiger partial charge >= 0.3 is 0 Å². The minimum Gasteiger partial charge on any atom is -0.391 e. The van der Waals surface area contributed by atoms with E-state index >= 15 is 0 Å². The van der Waals surface area contributed by atoms with Crippen LogP contribution in [0.3, 0.4) is 0 Å². The lowest BCUT2D eigenvalue weighted by Gasteiger charge is -2.33. The summed E-state index contributed by atoms with van der Waals surface area (Å²) in [6, 6.07) is -12.8. The first-order chi connectivity index (χ1) is 54.2. The van der Waals surface area contributed by atoms with Gasteiger partial charge in [0.15, 0.2) is 11.9 Å². The zero-order valence-corrected chi connectivity index (χ0v) is 66.4. The second kappa shape index (κ2) is 54.5. The summed E-state index contributed by atoms with van der Waals surface area (Å²) in [4.78, 5) is 188. The molecular weight excluding hydrogens is 1470 g/mol. The van der Waals surface area contributed by atoms with Crippen LogP contribution in [-0.4, -0.2) is 316 Å². The third-order valence-electron chi connectivity index (χ3n) is 19.9. The number of unbranched alkanes of at least 4 members (excludes halogenated alkanes) is 3. The van der Waals surface area contributed by atoms with E-state index in [0.717, 1.165) is 6.42 Å². The fourth-order valence-corrected chi connectivity index (χ4v) is 13.6. The van der Waals surface area contributed by atoms with Gasteiger partial charge in [-0.05, 0) is 182 Å². The SMILES string of the molecule is CCONCCCOCCOCCOCCCNC(=O)CNC(=O)[C@H](CCCCNC(=O)[C@H](CCCN=C(N)N)NC(=O)[C@@H]1CCCN1C(=O)[C@@H]1CCCN1C(=O)[C@H](CCCCN)NC(=O)[C@@H](N)[C@@H](C)O)NC(=O)[C@H](CCCN=C(N)N)NC(=O)C1CCCN1C(=O)[C@@H]1CCCN1C(=O)[C@H](CCCCN)NC(=O)[C@@H](N)[C@@H](C)O. The van der Waals surface area contributed by atoms with Crippen molar-refractivity contribution in [2.24, 2.45) is 55.9 Å². The highest BCUT2D eigenvalue weighted by Gasteiger charge is 2.47. The number of aliphatic hydroxyl groups is 2. The van der Waals surface area contributed by atoms with Gasteiger partial charge in [-0.3, -0.25) is 67.5 Å². The predicted octanol–water partition coefficient (Wildman–Crippen LogP) is -6.95. The topological polar surface area (TPSA) is 636 Å². The molecule has 0 saturated carbocycles. The van der Waals surface area contributed by atoms with Gasteiger partial charge in [0, 0.05) is 72.1 Å². The highest BCUT2D eigenvalue weighted by Crippen LogP contribution is 2.29. The maximum atomic E-state index is 14.7. The first-order valence-corrected chi connectivity index (χ1v) is 40.2. The zero-order valence-electron chi connectivity index (χ0n) is 66.4. The predicted molar refractivity (Wildman–Crippen MR) is 418 cm³/mol. The summed E-state index contributed by atoms with van der Waals surface area (Å²) >= 11 is 0. The number of nitrogens with zero attached hydrogens (tertiary/aromatic N) is 6. The lowest BCUT2D eigenvalue weighted by Crippen LogP contribution is -2.59. The molecule has 4 fully saturated rings. The molecule has 0 aromatic rings. The molecule has 113 heavy (non-hydrogen) atoms. The van der Waals surface area contributed by atoms with Crippen LogP contribution < -0.4 is 93.9 Å². The largest absolute Gasteiger partial charge is 0.391 e. The molecule has 0 bridgehead atoms. The van der Waals surface area contributed by atoms with Crippen molar-refractivity contribution in [1.29, 1.82) is 0 Å². The number of amides is 12. The van der Waals surface area contributed by atoms with Crippen molar-refractivity contribution in [3.63, 3.8) is 0 Å². The number of likely N-dealkylation sites (tertiary alicyclic amines) is 4. The number of nitrogens with two attached hydrogens (primary N) is 8. The number of aliphatic imine (C=N–C) groups is 2. The average molecular weight is 1610 g/mol. The Hall–Kier alpha value is -8.26. The van der Waals surface area contributed by atoms with Gasteiger partial charge in [0.05, 0.1) is 51.8 Å². The summed E-state index contributed by atoms with van der Waals surface area (Å²) in [5, 5.41) is 41.9. The summed E-state index contributed by atoms with van der Waals surface area (Å²) in [5.41, 5.74) is 48.6. The lowest BCUT2D eigenvalue weighted by atomic mass is 10.0. The molecule has 12 amide bonds. The van der Waals surface area contributed by atoms with E-state index in [1.54, 1.807) is 0 Å². The molecule has 41 nitrogen and oxygen atoms in total. The molecule has 1 unspecified atom stereocenters. The van der Waals surface area contributed by atoms with Crippen molar-refractivity contribution < 1.29 is 86.8 Å². The molecular formula is C72H133N23O18.